The van der Waals surface area contributed by atoms with Crippen molar-refractivity contribution < 1.29 is 9.53 Å². The molecule has 4 rings (SSSR count). The van der Waals surface area contributed by atoms with Gasteiger partial charge in [-0.2, -0.15) is 0 Å². The minimum Gasteiger partial charge on any atom is -0.497 e. The average molecular weight is 402 g/mol. The number of fused-ring (bicyclic) bond motifs is 1. The molecule has 2 heterocycles. The largest absolute Gasteiger partial charge is 0.497 e. The van der Waals surface area contributed by atoms with E-state index in [1.807, 2.05) is 31.2 Å². The summed E-state index contributed by atoms with van der Waals surface area (Å²) in [6, 6.07) is 18.6. The number of benzene rings is 2. The van der Waals surface area contributed by atoms with E-state index < -0.39 is 0 Å². The molecule has 0 unspecified atom stereocenters. The van der Waals surface area contributed by atoms with Crippen LogP contribution >= 0.6 is 0 Å². The molecule has 7 heteroatoms. The standard InChI is InChI=1S/C23H22N4O3/c1-16-6-3-4-7-17(16)14-25-21(28)15-26-20-8-5-13-24-22(20)27(23(26)29)18-9-11-19(30-2)12-10-18/h3-13H,14-15H2,1-2H3,(H,25,28). The predicted molar refractivity (Wildman–Crippen MR) is 115 cm³/mol. The molecule has 1 N–H and O–H groups in total. The second-order valence-electron chi connectivity index (χ2n) is 6.95. The quantitative estimate of drug-likeness (QED) is 0.538. The fourth-order valence-electron chi connectivity index (χ4n) is 3.40. The number of imidazole rings is 1. The summed E-state index contributed by atoms with van der Waals surface area (Å²) in [7, 11) is 1.59. The SMILES string of the molecule is COc1ccc(-n2c(=O)n(CC(=O)NCc3ccccc3C)c3cccnc32)cc1. The minimum absolute atomic E-state index is 0.0872. The molecule has 0 saturated carbocycles. The van der Waals surface area contributed by atoms with Gasteiger partial charge in [-0.3, -0.25) is 9.36 Å². The number of hydrogen-bond acceptors (Lipinski definition) is 4. The number of carbonyl (C=O) groups is 1. The third-order valence-corrected chi connectivity index (χ3v) is 5.06. The molecule has 0 radical (unpaired) electrons. The number of aryl methyl sites for hydroxylation is 1. The van der Waals surface area contributed by atoms with Crippen molar-refractivity contribution in [2.45, 2.75) is 20.0 Å². The van der Waals surface area contributed by atoms with E-state index in [-0.39, 0.29) is 18.1 Å². The number of methoxy groups -OCH3 is 1. The van der Waals surface area contributed by atoms with Gasteiger partial charge in [-0.25, -0.2) is 14.3 Å². The summed E-state index contributed by atoms with van der Waals surface area (Å²) in [6.07, 6.45) is 1.63. The van der Waals surface area contributed by atoms with Crippen LogP contribution in [0.15, 0.2) is 71.7 Å². The second kappa shape index (κ2) is 8.24. The van der Waals surface area contributed by atoms with Crippen molar-refractivity contribution in [2.75, 3.05) is 7.11 Å². The molecule has 7 nitrogen and oxygen atoms in total. The van der Waals surface area contributed by atoms with E-state index in [0.29, 0.717) is 29.1 Å². The van der Waals surface area contributed by atoms with Gasteiger partial charge in [0.2, 0.25) is 5.91 Å². The first kappa shape index (κ1) is 19.4. The first-order valence-electron chi connectivity index (χ1n) is 9.60. The Morgan fingerprint density at radius 1 is 1.07 bits per heavy atom. The molecule has 0 aliphatic heterocycles. The van der Waals surface area contributed by atoms with Gasteiger partial charge in [-0.05, 0) is 54.4 Å². The zero-order valence-corrected chi connectivity index (χ0v) is 16.8. The Bertz CT molecular complexity index is 1260. The molecule has 0 aliphatic carbocycles. The van der Waals surface area contributed by atoms with Crippen molar-refractivity contribution in [3.63, 3.8) is 0 Å². The summed E-state index contributed by atoms with van der Waals surface area (Å²) in [6.45, 7) is 2.33. The van der Waals surface area contributed by atoms with Gasteiger partial charge in [0.05, 0.1) is 18.3 Å². The monoisotopic (exact) mass is 402 g/mol. The first-order valence-corrected chi connectivity index (χ1v) is 9.60. The number of amides is 1. The smallest absolute Gasteiger partial charge is 0.335 e. The molecule has 0 bridgehead atoms. The Morgan fingerprint density at radius 2 is 1.83 bits per heavy atom. The van der Waals surface area contributed by atoms with Crippen LogP contribution in [0.1, 0.15) is 11.1 Å². The molecule has 2 aromatic carbocycles. The van der Waals surface area contributed by atoms with Gasteiger partial charge in [0.1, 0.15) is 12.3 Å². The zero-order chi connectivity index (χ0) is 21.1. The van der Waals surface area contributed by atoms with Gasteiger partial charge >= 0.3 is 5.69 Å². The van der Waals surface area contributed by atoms with E-state index in [1.165, 1.54) is 9.13 Å². The van der Waals surface area contributed by atoms with Crippen LogP contribution < -0.4 is 15.7 Å². The normalized spacial score (nSPS) is 10.9. The number of aromatic nitrogens is 3. The summed E-state index contributed by atoms with van der Waals surface area (Å²) in [5.41, 5.74) is 3.59. The number of nitrogens with zero attached hydrogens (tertiary/aromatic N) is 3. The molecule has 0 saturated heterocycles. The van der Waals surface area contributed by atoms with Crippen molar-refractivity contribution in [2.24, 2.45) is 0 Å². The van der Waals surface area contributed by atoms with E-state index >= 15 is 0 Å². The number of pyridine rings is 1. The highest BCUT2D eigenvalue weighted by molar-refractivity contribution is 5.80. The van der Waals surface area contributed by atoms with E-state index in [1.54, 1.807) is 49.7 Å². The van der Waals surface area contributed by atoms with Crippen LogP contribution in [0.2, 0.25) is 0 Å². The number of hydrogen-bond donors (Lipinski definition) is 1. The molecular weight excluding hydrogens is 380 g/mol. The Morgan fingerprint density at radius 3 is 2.57 bits per heavy atom. The lowest BCUT2D eigenvalue weighted by Gasteiger charge is -2.08. The average Bonchev–Trinajstić information content (AvgIpc) is 3.04. The van der Waals surface area contributed by atoms with Gasteiger partial charge in [0, 0.05) is 12.7 Å². The van der Waals surface area contributed by atoms with Crippen molar-refractivity contribution in [1.29, 1.82) is 0 Å². The van der Waals surface area contributed by atoms with Crippen molar-refractivity contribution >= 4 is 17.1 Å². The number of ether oxygens (including phenoxy) is 1. The van der Waals surface area contributed by atoms with E-state index in [4.69, 9.17) is 4.74 Å². The van der Waals surface area contributed by atoms with Gasteiger partial charge in [0.15, 0.2) is 5.65 Å². The summed E-state index contributed by atoms with van der Waals surface area (Å²) >= 11 is 0. The van der Waals surface area contributed by atoms with E-state index in [9.17, 15) is 9.59 Å². The van der Waals surface area contributed by atoms with Crippen LogP contribution in [-0.4, -0.2) is 27.1 Å². The van der Waals surface area contributed by atoms with Crippen molar-refractivity contribution in [1.82, 2.24) is 19.4 Å². The van der Waals surface area contributed by atoms with Crippen LogP contribution in [0.3, 0.4) is 0 Å². The summed E-state index contributed by atoms with van der Waals surface area (Å²) in [5.74, 6) is 0.456. The fraction of sp³-hybridized carbons (Fsp3) is 0.174. The lowest BCUT2D eigenvalue weighted by atomic mass is 10.1. The van der Waals surface area contributed by atoms with Crippen LogP contribution in [0, 0.1) is 6.92 Å². The molecule has 0 atom stereocenters. The third kappa shape index (κ3) is 3.69. The molecule has 0 fully saturated rings. The van der Waals surface area contributed by atoms with E-state index in [0.717, 1.165) is 11.1 Å². The van der Waals surface area contributed by atoms with Crippen LogP contribution in [0.4, 0.5) is 0 Å². The highest BCUT2D eigenvalue weighted by Gasteiger charge is 2.17. The molecule has 4 aromatic rings. The van der Waals surface area contributed by atoms with Crippen LogP contribution in [0.25, 0.3) is 16.9 Å². The zero-order valence-electron chi connectivity index (χ0n) is 16.8. The van der Waals surface area contributed by atoms with Gasteiger partial charge < -0.3 is 10.1 Å². The van der Waals surface area contributed by atoms with Gasteiger partial charge in [-0.1, -0.05) is 24.3 Å². The Balaban J connectivity index is 1.64. The molecule has 0 spiro atoms. The Kier molecular flexibility index (Phi) is 5.34. The Hall–Kier alpha value is -3.87. The lowest BCUT2D eigenvalue weighted by Crippen LogP contribution is -2.32. The number of carbonyl (C=O) groups excluding carboxylic acids is 1. The number of rotatable bonds is 6. The van der Waals surface area contributed by atoms with Crippen LogP contribution in [0.5, 0.6) is 5.75 Å². The lowest BCUT2D eigenvalue weighted by molar-refractivity contribution is -0.121. The third-order valence-electron chi connectivity index (χ3n) is 5.06. The maximum Gasteiger partial charge on any atom is 0.335 e. The maximum atomic E-state index is 13.2. The highest BCUT2D eigenvalue weighted by Crippen LogP contribution is 2.18. The fourth-order valence-corrected chi connectivity index (χ4v) is 3.40. The van der Waals surface area contributed by atoms with Gasteiger partial charge in [0.25, 0.3) is 0 Å². The molecule has 2 aromatic heterocycles. The first-order chi connectivity index (χ1) is 14.6. The summed E-state index contributed by atoms with van der Waals surface area (Å²) < 4.78 is 8.14. The van der Waals surface area contributed by atoms with E-state index in [2.05, 4.69) is 10.3 Å². The second-order valence-corrected chi connectivity index (χ2v) is 6.95. The van der Waals surface area contributed by atoms with Gasteiger partial charge in [-0.15, -0.1) is 0 Å². The Labute approximate surface area is 173 Å². The maximum absolute atomic E-state index is 13.2. The summed E-state index contributed by atoms with van der Waals surface area (Å²) in [5, 5.41) is 2.90. The predicted octanol–water partition coefficient (Wildman–Crippen LogP) is 2.82. The topological polar surface area (TPSA) is 78.1 Å². The molecule has 152 valence electrons. The number of nitrogens with one attached hydrogen (secondary N) is 1. The molecule has 30 heavy (non-hydrogen) atoms. The summed E-state index contributed by atoms with van der Waals surface area (Å²) in [4.78, 5) is 30.2. The minimum atomic E-state index is -0.320. The van der Waals surface area contributed by atoms with Crippen LogP contribution in [-0.2, 0) is 17.9 Å². The van der Waals surface area contributed by atoms with Crippen molar-refractivity contribution in [3.05, 3.63) is 88.5 Å². The molecule has 0 aliphatic rings. The highest BCUT2D eigenvalue weighted by atomic mass is 16.5. The molecule has 1 amide bonds. The van der Waals surface area contributed by atoms with Crippen molar-refractivity contribution in [3.8, 4) is 11.4 Å². The molecular formula is C23H22N4O3.